The number of aromatic nitrogens is 2. The summed E-state index contributed by atoms with van der Waals surface area (Å²) in [6.07, 6.45) is 1.77. The van der Waals surface area contributed by atoms with Crippen LogP contribution in [0.5, 0.6) is 0 Å². The standard InChI is InChI=1S/C13H23N5O3/c1-4-17-13(12(18(19)20)9(2)15-17)16-6-5-11(21-3)7-10(16)8-14/h10-11H,4-8,14H2,1-3H3. The average molecular weight is 297 g/mol. The Bertz CT molecular complexity index is 516. The number of ether oxygens (including phenoxy) is 1. The summed E-state index contributed by atoms with van der Waals surface area (Å²) in [5.41, 5.74) is 6.41. The second-order valence-electron chi connectivity index (χ2n) is 5.30. The number of hydrogen-bond acceptors (Lipinski definition) is 6. The zero-order valence-corrected chi connectivity index (χ0v) is 12.8. The summed E-state index contributed by atoms with van der Waals surface area (Å²) >= 11 is 0. The quantitative estimate of drug-likeness (QED) is 0.644. The van der Waals surface area contributed by atoms with Crippen LogP contribution in [0.25, 0.3) is 0 Å². The molecule has 0 amide bonds. The highest BCUT2D eigenvalue weighted by molar-refractivity contribution is 5.62. The average Bonchev–Trinajstić information content (AvgIpc) is 2.82. The Hall–Kier alpha value is -1.67. The topological polar surface area (TPSA) is 99.4 Å². The van der Waals surface area contributed by atoms with E-state index in [4.69, 9.17) is 10.5 Å². The third-order valence-corrected chi connectivity index (χ3v) is 4.10. The summed E-state index contributed by atoms with van der Waals surface area (Å²) in [5.74, 6) is 0.574. The van der Waals surface area contributed by atoms with E-state index in [9.17, 15) is 10.1 Å². The third kappa shape index (κ3) is 2.86. The number of aryl methyl sites for hydroxylation is 2. The van der Waals surface area contributed by atoms with Crippen molar-refractivity contribution in [3.05, 3.63) is 15.8 Å². The maximum Gasteiger partial charge on any atom is 0.333 e. The highest BCUT2D eigenvalue weighted by atomic mass is 16.6. The summed E-state index contributed by atoms with van der Waals surface area (Å²) in [4.78, 5) is 13.1. The number of nitro groups is 1. The van der Waals surface area contributed by atoms with Gasteiger partial charge in [-0.2, -0.15) is 5.10 Å². The molecule has 1 aliphatic heterocycles. The Morgan fingerprint density at radius 3 is 2.81 bits per heavy atom. The van der Waals surface area contributed by atoms with Crippen molar-refractivity contribution in [2.24, 2.45) is 5.73 Å². The summed E-state index contributed by atoms with van der Waals surface area (Å²) < 4.78 is 7.11. The minimum Gasteiger partial charge on any atom is -0.381 e. The second-order valence-corrected chi connectivity index (χ2v) is 5.30. The lowest BCUT2D eigenvalue weighted by atomic mass is 9.99. The van der Waals surface area contributed by atoms with Gasteiger partial charge in [0.05, 0.1) is 11.0 Å². The van der Waals surface area contributed by atoms with E-state index in [1.54, 1.807) is 18.7 Å². The minimum atomic E-state index is -0.347. The Labute approximate surface area is 124 Å². The molecule has 0 saturated carbocycles. The van der Waals surface area contributed by atoms with E-state index in [1.165, 1.54) is 0 Å². The van der Waals surface area contributed by atoms with Crippen molar-refractivity contribution in [3.63, 3.8) is 0 Å². The van der Waals surface area contributed by atoms with Gasteiger partial charge in [0.2, 0.25) is 5.82 Å². The summed E-state index contributed by atoms with van der Waals surface area (Å²) in [5, 5.41) is 15.7. The fourth-order valence-electron chi connectivity index (χ4n) is 3.01. The first-order valence-electron chi connectivity index (χ1n) is 7.24. The van der Waals surface area contributed by atoms with Crippen molar-refractivity contribution in [2.45, 2.75) is 45.4 Å². The van der Waals surface area contributed by atoms with Crippen LogP contribution in [0.2, 0.25) is 0 Å². The van der Waals surface area contributed by atoms with Crippen LogP contribution < -0.4 is 10.6 Å². The molecule has 0 aromatic carbocycles. The van der Waals surface area contributed by atoms with Gasteiger partial charge in [-0.15, -0.1) is 0 Å². The molecule has 118 valence electrons. The third-order valence-electron chi connectivity index (χ3n) is 4.10. The van der Waals surface area contributed by atoms with Crippen LogP contribution in [0.3, 0.4) is 0 Å². The van der Waals surface area contributed by atoms with Crippen molar-refractivity contribution >= 4 is 11.5 Å². The number of piperidine rings is 1. The highest BCUT2D eigenvalue weighted by Gasteiger charge is 2.36. The molecule has 8 heteroatoms. The van der Waals surface area contributed by atoms with Crippen LogP contribution in [-0.4, -0.2) is 47.0 Å². The first-order valence-corrected chi connectivity index (χ1v) is 7.24. The van der Waals surface area contributed by atoms with E-state index < -0.39 is 0 Å². The predicted octanol–water partition coefficient (Wildman–Crippen LogP) is 1.06. The predicted molar refractivity (Wildman–Crippen MR) is 79.5 cm³/mol. The summed E-state index contributed by atoms with van der Waals surface area (Å²) in [7, 11) is 1.69. The number of rotatable bonds is 5. The zero-order valence-electron chi connectivity index (χ0n) is 12.8. The maximum atomic E-state index is 11.4. The molecule has 0 aliphatic carbocycles. The summed E-state index contributed by atoms with van der Waals surface area (Å²) in [6, 6.07) is 0.0313. The number of anilines is 1. The van der Waals surface area contributed by atoms with Crippen LogP contribution in [0.15, 0.2) is 0 Å². The Kier molecular flexibility index (Phi) is 4.79. The molecule has 0 radical (unpaired) electrons. The van der Waals surface area contributed by atoms with Gasteiger partial charge in [0.1, 0.15) is 5.69 Å². The van der Waals surface area contributed by atoms with Crippen molar-refractivity contribution in [1.29, 1.82) is 0 Å². The maximum absolute atomic E-state index is 11.4. The molecule has 1 aromatic heterocycles. The van der Waals surface area contributed by atoms with Crippen molar-refractivity contribution in [2.75, 3.05) is 25.1 Å². The SMILES string of the molecule is CCn1nc(C)c([N+](=O)[O-])c1N1CCC(OC)CC1CN. The van der Waals surface area contributed by atoms with Crippen molar-refractivity contribution in [1.82, 2.24) is 9.78 Å². The molecule has 0 bridgehead atoms. The fraction of sp³-hybridized carbons (Fsp3) is 0.769. The summed E-state index contributed by atoms with van der Waals surface area (Å²) in [6.45, 7) is 5.31. The van der Waals surface area contributed by atoms with Gasteiger partial charge in [-0.25, -0.2) is 4.68 Å². The number of nitrogens with two attached hydrogens (primary N) is 1. The van der Waals surface area contributed by atoms with E-state index in [0.29, 0.717) is 31.1 Å². The van der Waals surface area contributed by atoms with Crippen LogP contribution >= 0.6 is 0 Å². The molecule has 0 spiro atoms. The molecule has 2 heterocycles. The minimum absolute atomic E-state index is 0.0313. The van der Waals surface area contributed by atoms with Gasteiger partial charge >= 0.3 is 5.69 Å². The van der Waals surface area contributed by atoms with E-state index in [1.807, 2.05) is 11.8 Å². The van der Waals surface area contributed by atoms with Crippen LogP contribution in [0, 0.1) is 17.0 Å². The number of methoxy groups -OCH3 is 1. The first-order chi connectivity index (χ1) is 10.0. The molecule has 1 aliphatic rings. The van der Waals surface area contributed by atoms with Crippen molar-refractivity contribution < 1.29 is 9.66 Å². The van der Waals surface area contributed by atoms with E-state index in [0.717, 1.165) is 12.8 Å². The molecule has 2 rings (SSSR count). The van der Waals surface area contributed by atoms with Gasteiger partial charge in [-0.3, -0.25) is 10.1 Å². The monoisotopic (exact) mass is 297 g/mol. The molecular weight excluding hydrogens is 274 g/mol. The van der Waals surface area contributed by atoms with Gasteiger partial charge in [0.25, 0.3) is 0 Å². The van der Waals surface area contributed by atoms with Crippen LogP contribution in [0.1, 0.15) is 25.5 Å². The van der Waals surface area contributed by atoms with E-state index in [-0.39, 0.29) is 22.8 Å². The highest BCUT2D eigenvalue weighted by Crippen LogP contribution is 2.35. The van der Waals surface area contributed by atoms with Gasteiger partial charge in [-0.1, -0.05) is 0 Å². The zero-order chi connectivity index (χ0) is 15.6. The Balaban J connectivity index is 2.42. The van der Waals surface area contributed by atoms with Crippen molar-refractivity contribution in [3.8, 4) is 0 Å². The lowest BCUT2D eigenvalue weighted by Gasteiger charge is -2.39. The molecular formula is C13H23N5O3. The molecule has 1 aromatic rings. The smallest absolute Gasteiger partial charge is 0.333 e. The Morgan fingerprint density at radius 1 is 1.57 bits per heavy atom. The van der Waals surface area contributed by atoms with Gasteiger partial charge < -0.3 is 15.4 Å². The van der Waals surface area contributed by atoms with Gasteiger partial charge in [-0.05, 0) is 26.7 Å². The second kappa shape index (κ2) is 6.40. The Morgan fingerprint density at radius 2 is 2.29 bits per heavy atom. The van der Waals surface area contributed by atoms with Gasteiger partial charge in [0.15, 0.2) is 0 Å². The molecule has 8 nitrogen and oxygen atoms in total. The lowest BCUT2D eigenvalue weighted by Crippen LogP contribution is -2.49. The van der Waals surface area contributed by atoms with E-state index in [2.05, 4.69) is 5.10 Å². The fourth-order valence-corrected chi connectivity index (χ4v) is 3.01. The largest absolute Gasteiger partial charge is 0.381 e. The molecule has 21 heavy (non-hydrogen) atoms. The normalized spacial score (nSPS) is 22.6. The molecule has 2 atom stereocenters. The lowest BCUT2D eigenvalue weighted by molar-refractivity contribution is -0.384. The molecule has 2 unspecified atom stereocenters. The van der Waals surface area contributed by atoms with Crippen LogP contribution in [-0.2, 0) is 11.3 Å². The first kappa shape index (κ1) is 15.7. The molecule has 1 saturated heterocycles. The van der Waals surface area contributed by atoms with Gasteiger partial charge in [0, 0.05) is 32.8 Å². The molecule has 1 fully saturated rings. The number of nitrogens with zero attached hydrogens (tertiary/aromatic N) is 4. The number of hydrogen-bond donors (Lipinski definition) is 1. The van der Waals surface area contributed by atoms with E-state index >= 15 is 0 Å². The molecule has 2 N–H and O–H groups in total. The van der Waals surface area contributed by atoms with Crippen LogP contribution in [0.4, 0.5) is 11.5 Å².